The van der Waals surface area contributed by atoms with Crippen LogP contribution in [0, 0.1) is 11.3 Å². The number of hydrogen-bond donors (Lipinski definition) is 1. The van der Waals surface area contributed by atoms with Crippen molar-refractivity contribution < 1.29 is 9.53 Å². The van der Waals surface area contributed by atoms with Gasteiger partial charge in [0, 0.05) is 18.1 Å². The molecule has 1 aromatic carbocycles. The molecular formula is C17H13N3O2S. The second-order valence-corrected chi connectivity index (χ2v) is 5.57. The van der Waals surface area contributed by atoms with E-state index in [9.17, 15) is 4.79 Å². The van der Waals surface area contributed by atoms with Crippen molar-refractivity contribution in [3.05, 3.63) is 65.1 Å². The number of nitrogens with zero attached hydrogens (tertiary/aromatic N) is 2. The number of ether oxygens (including phenoxy) is 1. The zero-order valence-corrected chi connectivity index (χ0v) is 12.9. The highest BCUT2D eigenvalue weighted by Gasteiger charge is 2.14. The highest BCUT2D eigenvalue weighted by atomic mass is 32.1. The number of nitriles is 1. The minimum absolute atomic E-state index is 0.00112. The van der Waals surface area contributed by atoms with Crippen molar-refractivity contribution in [2.75, 3.05) is 11.9 Å². The molecule has 0 atom stereocenters. The second-order valence-electron chi connectivity index (χ2n) is 4.65. The standard InChI is InChI=1S/C17H13N3O2S/c18-8-11-22-14-5-3-13(4-6-14)19-17(21)16-15(7-12-23-16)20-9-1-2-10-20/h1-7,9-10,12H,11H2,(H,19,21). The first-order chi connectivity index (χ1) is 11.3. The Morgan fingerprint density at radius 2 is 1.96 bits per heavy atom. The Morgan fingerprint density at radius 1 is 1.22 bits per heavy atom. The van der Waals surface area contributed by atoms with Gasteiger partial charge in [0.25, 0.3) is 5.91 Å². The van der Waals surface area contributed by atoms with Gasteiger partial charge in [-0.3, -0.25) is 4.79 Å². The van der Waals surface area contributed by atoms with Gasteiger partial charge in [-0.15, -0.1) is 11.3 Å². The number of carbonyl (C=O) groups excluding carboxylic acids is 1. The molecule has 1 N–H and O–H groups in total. The van der Waals surface area contributed by atoms with E-state index in [0.29, 0.717) is 16.3 Å². The van der Waals surface area contributed by atoms with Crippen LogP contribution in [-0.4, -0.2) is 17.1 Å². The van der Waals surface area contributed by atoms with Gasteiger partial charge in [0.1, 0.15) is 16.7 Å². The molecule has 0 radical (unpaired) electrons. The summed E-state index contributed by atoms with van der Waals surface area (Å²) >= 11 is 1.40. The van der Waals surface area contributed by atoms with Crippen LogP contribution in [0.4, 0.5) is 5.69 Å². The Morgan fingerprint density at radius 3 is 2.65 bits per heavy atom. The highest BCUT2D eigenvalue weighted by molar-refractivity contribution is 7.12. The molecule has 0 spiro atoms. The number of amides is 1. The molecule has 3 aromatic rings. The van der Waals surface area contributed by atoms with Crippen molar-refractivity contribution in [3.8, 4) is 17.5 Å². The lowest BCUT2D eigenvalue weighted by Gasteiger charge is -2.08. The molecule has 2 aromatic heterocycles. The first kappa shape index (κ1) is 14.9. The maximum Gasteiger partial charge on any atom is 0.267 e. The zero-order chi connectivity index (χ0) is 16.1. The molecule has 0 fully saturated rings. The van der Waals surface area contributed by atoms with E-state index in [1.54, 1.807) is 24.3 Å². The second kappa shape index (κ2) is 6.81. The third-order valence-electron chi connectivity index (χ3n) is 3.15. The topological polar surface area (TPSA) is 67.0 Å². The minimum Gasteiger partial charge on any atom is -0.479 e. The van der Waals surface area contributed by atoms with Gasteiger partial charge in [0.15, 0.2) is 6.61 Å². The SMILES string of the molecule is N#CCOc1ccc(NC(=O)c2sccc2-n2cccc2)cc1. The fourth-order valence-electron chi connectivity index (χ4n) is 2.11. The van der Waals surface area contributed by atoms with Crippen molar-refractivity contribution in [2.45, 2.75) is 0 Å². The van der Waals surface area contributed by atoms with Crippen molar-refractivity contribution in [1.29, 1.82) is 5.26 Å². The Labute approximate surface area is 137 Å². The molecule has 2 heterocycles. The summed E-state index contributed by atoms with van der Waals surface area (Å²) in [5, 5.41) is 13.2. The summed E-state index contributed by atoms with van der Waals surface area (Å²) in [7, 11) is 0. The number of thiophene rings is 1. The summed E-state index contributed by atoms with van der Waals surface area (Å²) in [5.41, 5.74) is 1.53. The van der Waals surface area contributed by atoms with Gasteiger partial charge < -0.3 is 14.6 Å². The van der Waals surface area contributed by atoms with Crippen LogP contribution >= 0.6 is 11.3 Å². The maximum absolute atomic E-state index is 12.5. The number of aromatic nitrogens is 1. The van der Waals surface area contributed by atoms with E-state index in [2.05, 4.69) is 5.32 Å². The number of anilines is 1. The quantitative estimate of drug-likeness (QED) is 0.778. The van der Waals surface area contributed by atoms with Crippen molar-refractivity contribution in [3.63, 3.8) is 0 Å². The summed E-state index contributed by atoms with van der Waals surface area (Å²) in [4.78, 5) is 13.1. The smallest absolute Gasteiger partial charge is 0.267 e. The third-order valence-corrected chi connectivity index (χ3v) is 4.05. The van der Waals surface area contributed by atoms with Gasteiger partial charge in [-0.2, -0.15) is 5.26 Å². The minimum atomic E-state index is -0.158. The van der Waals surface area contributed by atoms with Crippen LogP contribution in [0.3, 0.4) is 0 Å². The van der Waals surface area contributed by atoms with Crippen LogP contribution in [0.5, 0.6) is 5.75 Å². The molecule has 114 valence electrons. The van der Waals surface area contributed by atoms with Gasteiger partial charge >= 0.3 is 0 Å². The normalized spacial score (nSPS) is 10.0. The van der Waals surface area contributed by atoms with E-state index in [-0.39, 0.29) is 12.5 Å². The number of rotatable bonds is 5. The van der Waals surface area contributed by atoms with Crippen molar-refractivity contribution >= 4 is 22.9 Å². The first-order valence-electron chi connectivity index (χ1n) is 6.90. The van der Waals surface area contributed by atoms with Crippen LogP contribution in [0.2, 0.25) is 0 Å². The highest BCUT2D eigenvalue weighted by Crippen LogP contribution is 2.23. The largest absolute Gasteiger partial charge is 0.479 e. The van der Waals surface area contributed by atoms with E-state index in [4.69, 9.17) is 10.00 Å². The molecule has 0 aliphatic heterocycles. The Bertz CT molecular complexity index is 830. The van der Waals surface area contributed by atoms with E-state index in [1.807, 2.05) is 46.6 Å². The summed E-state index contributed by atoms with van der Waals surface area (Å²) in [5.74, 6) is 0.433. The van der Waals surface area contributed by atoms with Gasteiger partial charge in [0.2, 0.25) is 0 Å². The lowest BCUT2D eigenvalue weighted by Crippen LogP contribution is -2.12. The first-order valence-corrected chi connectivity index (χ1v) is 7.78. The summed E-state index contributed by atoms with van der Waals surface area (Å²) < 4.78 is 7.09. The van der Waals surface area contributed by atoms with E-state index in [0.717, 1.165) is 5.69 Å². The number of benzene rings is 1. The number of carbonyl (C=O) groups is 1. The van der Waals surface area contributed by atoms with Crippen LogP contribution in [-0.2, 0) is 0 Å². The van der Waals surface area contributed by atoms with Gasteiger partial charge in [0.05, 0.1) is 5.69 Å². The molecule has 1 amide bonds. The molecule has 23 heavy (non-hydrogen) atoms. The lowest BCUT2D eigenvalue weighted by molar-refractivity contribution is 0.103. The van der Waals surface area contributed by atoms with Gasteiger partial charge in [-0.1, -0.05) is 0 Å². The van der Waals surface area contributed by atoms with E-state index in [1.165, 1.54) is 11.3 Å². The van der Waals surface area contributed by atoms with Gasteiger partial charge in [-0.25, -0.2) is 0 Å². The molecule has 0 saturated carbocycles. The predicted octanol–water partition coefficient (Wildman–Crippen LogP) is 3.69. The Hall–Kier alpha value is -3.04. The molecule has 0 saturated heterocycles. The van der Waals surface area contributed by atoms with E-state index < -0.39 is 0 Å². The molecule has 3 rings (SSSR count). The summed E-state index contributed by atoms with van der Waals surface area (Å²) in [6.45, 7) is 0.00112. The maximum atomic E-state index is 12.5. The van der Waals surface area contributed by atoms with Gasteiger partial charge in [-0.05, 0) is 47.8 Å². The average Bonchev–Trinajstić information content (AvgIpc) is 3.24. The molecule has 0 aliphatic carbocycles. The Balaban J connectivity index is 1.73. The monoisotopic (exact) mass is 323 g/mol. The van der Waals surface area contributed by atoms with Crippen LogP contribution in [0.15, 0.2) is 60.2 Å². The fraction of sp³-hybridized carbons (Fsp3) is 0.0588. The molecule has 6 heteroatoms. The molecule has 0 bridgehead atoms. The third kappa shape index (κ3) is 3.42. The molecule has 0 aliphatic rings. The van der Waals surface area contributed by atoms with Crippen LogP contribution in [0.1, 0.15) is 9.67 Å². The lowest BCUT2D eigenvalue weighted by atomic mass is 10.3. The summed E-state index contributed by atoms with van der Waals surface area (Å²) in [6, 6.07) is 14.6. The molecular weight excluding hydrogens is 310 g/mol. The van der Waals surface area contributed by atoms with Crippen LogP contribution in [0.25, 0.3) is 5.69 Å². The predicted molar refractivity (Wildman–Crippen MR) is 89.1 cm³/mol. The fourth-order valence-corrected chi connectivity index (χ4v) is 2.89. The molecule has 0 unspecified atom stereocenters. The Kier molecular flexibility index (Phi) is 4.41. The van der Waals surface area contributed by atoms with Crippen molar-refractivity contribution in [1.82, 2.24) is 4.57 Å². The van der Waals surface area contributed by atoms with Crippen LogP contribution < -0.4 is 10.1 Å². The molecule has 5 nitrogen and oxygen atoms in total. The number of nitrogens with one attached hydrogen (secondary N) is 1. The van der Waals surface area contributed by atoms with E-state index >= 15 is 0 Å². The van der Waals surface area contributed by atoms with Crippen molar-refractivity contribution in [2.24, 2.45) is 0 Å². The number of hydrogen-bond acceptors (Lipinski definition) is 4. The average molecular weight is 323 g/mol. The zero-order valence-electron chi connectivity index (χ0n) is 12.1. The summed E-state index contributed by atoms with van der Waals surface area (Å²) in [6.07, 6.45) is 3.81.